The molecule has 1 aromatic heterocycles. The summed E-state index contributed by atoms with van der Waals surface area (Å²) in [6.07, 6.45) is 2.89. The number of hydrogen-bond donors (Lipinski definition) is 3. The fraction of sp³-hybridized carbons (Fsp3) is 0.250. The Morgan fingerprint density at radius 3 is 2.77 bits per heavy atom. The number of aromatic nitrogens is 1. The van der Waals surface area contributed by atoms with Gasteiger partial charge in [-0.1, -0.05) is 48.5 Å². The molecule has 30 heavy (non-hydrogen) atoms. The Balaban J connectivity index is 1.28. The van der Waals surface area contributed by atoms with Crippen LogP contribution in [-0.2, 0) is 19.4 Å². The van der Waals surface area contributed by atoms with Crippen LogP contribution in [0.15, 0.2) is 66.7 Å². The van der Waals surface area contributed by atoms with Gasteiger partial charge in [0.05, 0.1) is 5.69 Å². The van der Waals surface area contributed by atoms with Crippen molar-refractivity contribution in [3.8, 4) is 5.75 Å². The van der Waals surface area contributed by atoms with Crippen molar-refractivity contribution in [1.29, 1.82) is 0 Å². The van der Waals surface area contributed by atoms with Crippen LogP contribution in [0.2, 0.25) is 0 Å². The van der Waals surface area contributed by atoms with Gasteiger partial charge in [-0.3, -0.25) is 0 Å². The maximum absolute atomic E-state index is 12.4. The van der Waals surface area contributed by atoms with Crippen molar-refractivity contribution < 1.29 is 9.53 Å². The van der Waals surface area contributed by atoms with Crippen molar-refractivity contribution >= 4 is 17.5 Å². The number of carbonyl (C=O) groups is 1. The average molecular weight is 402 g/mol. The number of amides is 2. The van der Waals surface area contributed by atoms with Crippen molar-refractivity contribution in [3.05, 3.63) is 83.6 Å². The van der Waals surface area contributed by atoms with E-state index in [1.165, 1.54) is 5.56 Å². The molecule has 2 amide bonds. The zero-order chi connectivity index (χ0) is 20.6. The van der Waals surface area contributed by atoms with Crippen molar-refractivity contribution in [2.75, 3.05) is 23.7 Å². The Labute approximate surface area is 176 Å². The topological polar surface area (TPSA) is 75.3 Å². The Hall–Kier alpha value is -3.54. The largest absolute Gasteiger partial charge is 0.487 e. The number of carbonyl (C=O) groups excluding carboxylic acids is 1. The summed E-state index contributed by atoms with van der Waals surface area (Å²) in [5.41, 5.74) is 3.95. The summed E-state index contributed by atoms with van der Waals surface area (Å²) in [4.78, 5) is 17.0. The molecule has 6 heteroatoms. The van der Waals surface area contributed by atoms with E-state index in [1.807, 2.05) is 60.7 Å². The molecular weight excluding hydrogens is 376 g/mol. The van der Waals surface area contributed by atoms with Gasteiger partial charge >= 0.3 is 6.03 Å². The summed E-state index contributed by atoms with van der Waals surface area (Å²) in [6.45, 7) is 1.92. The van der Waals surface area contributed by atoms with Crippen LogP contribution in [0.25, 0.3) is 0 Å². The van der Waals surface area contributed by atoms with E-state index in [4.69, 9.17) is 4.74 Å². The Bertz CT molecular complexity index is 992. The SMILES string of the molecule is O=C(NCCc1ccc2c(n1)NCCC2)Nc1ccccc1OCc1ccccc1. The van der Waals surface area contributed by atoms with Crippen LogP contribution >= 0.6 is 0 Å². The number of para-hydroxylation sites is 2. The normalized spacial score (nSPS) is 12.4. The molecule has 0 atom stereocenters. The average Bonchev–Trinajstić information content (AvgIpc) is 2.79. The molecule has 154 valence electrons. The standard InChI is InChI=1S/C24H26N4O2/c29-24(26-16-14-20-13-12-19-9-6-15-25-23(19)27-20)28-21-10-4-5-11-22(21)30-17-18-7-2-1-3-8-18/h1-5,7-8,10-13H,6,9,14-17H2,(H,25,27)(H2,26,28,29). The lowest BCUT2D eigenvalue weighted by Crippen LogP contribution is -2.30. The molecule has 0 fully saturated rings. The first-order chi connectivity index (χ1) is 14.8. The Kier molecular flexibility index (Phi) is 6.44. The van der Waals surface area contributed by atoms with Crippen LogP contribution < -0.4 is 20.7 Å². The van der Waals surface area contributed by atoms with Crippen LogP contribution in [0.1, 0.15) is 23.2 Å². The highest BCUT2D eigenvalue weighted by molar-refractivity contribution is 5.90. The quantitative estimate of drug-likeness (QED) is 0.548. The second-order valence-corrected chi connectivity index (χ2v) is 7.24. The molecule has 0 saturated heterocycles. The number of urea groups is 1. The first-order valence-corrected chi connectivity index (χ1v) is 10.3. The van der Waals surface area contributed by atoms with Gasteiger partial charge in [0.25, 0.3) is 0 Å². The number of nitrogens with one attached hydrogen (secondary N) is 3. The van der Waals surface area contributed by atoms with Gasteiger partial charge in [-0.2, -0.15) is 0 Å². The van der Waals surface area contributed by atoms with Gasteiger partial charge < -0.3 is 20.7 Å². The fourth-order valence-electron chi connectivity index (χ4n) is 3.41. The fourth-order valence-corrected chi connectivity index (χ4v) is 3.41. The first-order valence-electron chi connectivity index (χ1n) is 10.3. The molecule has 0 saturated carbocycles. The van der Waals surface area contributed by atoms with Gasteiger partial charge in [0.2, 0.25) is 0 Å². The molecule has 3 aromatic rings. The van der Waals surface area contributed by atoms with E-state index in [-0.39, 0.29) is 6.03 Å². The number of fused-ring (bicyclic) bond motifs is 1. The van der Waals surface area contributed by atoms with Gasteiger partial charge in [-0.15, -0.1) is 0 Å². The third kappa shape index (κ3) is 5.29. The van der Waals surface area contributed by atoms with E-state index in [2.05, 4.69) is 27.0 Å². The van der Waals surface area contributed by atoms with E-state index in [9.17, 15) is 4.79 Å². The lowest BCUT2D eigenvalue weighted by molar-refractivity contribution is 0.252. The van der Waals surface area contributed by atoms with Crippen LogP contribution in [0.4, 0.5) is 16.3 Å². The molecule has 4 rings (SSSR count). The molecule has 1 aliphatic rings. The van der Waals surface area contributed by atoms with Crippen molar-refractivity contribution in [2.45, 2.75) is 25.9 Å². The smallest absolute Gasteiger partial charge is 0.319 e. The molecule has 1 aliphatic heterocycles. The van der Waals surface area contributed by atoms with E-state index in [1.54, 1.807) is 0 Å². The molecule has 0 bridgehead atoms. The summed E-state index contributed by atoms with van der Waals surface area (Å²) in [6, 6.07) is 21.3. The highest BCUT2D eigenvalue weighted by Gasteiger charge is 2.11. The molecule has 6 nitrogen and oxygen atoms in total. The third-order valence-electron chi connectivity index (χ3n) is 4.99. The summed E-state index contributed by atoms with van der Waals surface area (Å²) < 4.78 is 5.89. The molecule has 0 radical (unpaired) electrons. The maximum Gasteiger partial charge on any atom is 0.319 e. The summed E-state index contributed by atoms with van der Waals surface area (Å²) >= 11 is 0. The van der Waals surface area contributed by atoms with Crippen LogP contribution in [-0.4, -0.2) is 24.1 Å². The van der Waals surface area contributed by atoms with E-state index in [0.717, 1.165) is 36.5 Å². The molecule has 2 aromatic carbocycles. The highest BCUT2D eigenvalue weighted by Crippen LogP contribution is 2.24. The molecule has 0 aliphatic carbocycles. The number of anilines is 2. The molecular formula is C24H26N4O2. The predicted molar refractivity (Wildman–Crippen MR) is 119 cm³/mol. The Morgan fingerprint density at radius 1 is 1.03 bits per heavy atom. The number of ether oxygens (including phenoxy) is 1. The second kappa shape index (κ2) is 9.78. The predicted octanol–water partition coefficient (Wildman–Crippen LogP) is 4.38. The van der Waals surface area contributed by atoms with Crippen LogP contribution in [0.5, 0.6) is 5.75 Å². The van der Waals surface area contributed by atoms with Crippen LogP contribution in [0.3, 0.4) is 0 Å². The van der Waals surface area contributed by atoms with Gasteiger partial charge in [-0.25, -0.2) is 9.78 Å². The number of aryl methyl sites for hydroxylation is 1. The van der Waals surface area contributed by atoms with Crippen molar-refractivity contribution in [2.24, 2.45) is 0 Å². The van der Waals surface area contributed by atoms with E-state index >= 15 is 0 Å². The zero-order valence-electron chi connectivity index (χ0n) is 16.9. The minimum absolute atomic E-state index is 0.262. The van der Waals surface area contributed by atoms with Gasteiger partial charge in [0.15, 0.2) is 0 Å². The van der Waals surface area contributed by atoms with Crippen molar-refractivity contribution in [1.82, 2.24) is 10.3 Å². The molecule has 3 N–H and O–H groups in total. The number of benzene rings is 2. The van der Waals surface area contributed by atoms with Crippen molar-refractivity contribution in [3.63, 3.8) is 0 Å². The summed E-state index contributed by atoms with van der Waals surface area (Å²) in [7, 11) is 0. The third-order valence-corrected chi connectivity index (χ3v) is 4.99. The maximum atomic E-state index is 12.4. The second-order valence-electron chi connectivity index (χ2n) is 7.24. The van der Waals surface area contributed by atoms with Gasteiger partial charge in [0.1, 0.15) is 18.2 Å². The lowest BCUT2D eigenvalue weighted by atomic mass is 10.1. The minimum atomic E-state index is -0.262. The van der Waals surface area contributed by atoms with Crippen LogP contribution in [0, 0.1) is 0 Å². The summed E-state index contributed by atoms with van der Waals surface area (Å²) in [5, 5.41) is 9.11. The zero-order valence-corrected chi connectivity index (χ0v) is 16.9. The lowest BCUT2D eigenvalue weighted by Gasteiger charge is -2.17. The molecule has 0 spiro atoms. The van der Waals surface area contributed by atoms with Gasteiger partial charge in [0, 0.05) is 25.2 Å². The molecule has 0 unspecified atom stereocenters. The number of nitrogens with zero attached hydrogens (tertiary/aromatic N) is 1. The van der Waals surface area contributed by atoms with E-state index < -0.39 is 0 Å². The first kappa shape index (κ1) is 19.8. The Morgan fingerprint density at radius 2 is 1.87 bits per heavy atom. The monoisotopic (exact) mass is 402 g/mol. The highest BCUT2D eigenvalue weighted by atomic mass is 16.5. The van der Waals surface area contributed by atoms with Gasteiger partial charge in [-0.05, 0) is 42.2 Å². The minimum Gasteiger partial charge on any atom is -0.487 e. The molecule has 2 heterocycles. The number of hydrogen-bond acceptors (Lipinski definition) is 4. The van der Waals surface area contributed by atoms with E-state index in [0.29, 0.717) is 31.0 Å². The number of pyridine rings is 1. The number of rotatable bonds is 7. The summed E-state index contributed by atoms with van der Waals surface area (Å²) in [5.74, 6) is 1.62.